The molecule has 6 rings (SSSR count). The van der Waals surface area contributed by atoms with Crippen LogP contribution in [0.3, 0.4) is 0 Å². The van der Waals surface area contributed by atoms with Crippen molar-refractivity contribution in [2.45, 2.75) is 0 Å². The smallest absolute Gasteiger partial charge is 0.335 e. The van der Waals surface area contributed by atoms with Crippen LogP contribution in [-0.4, -0.2) is 48.3 Å². The van der Waals surface area contributed by atoms with Crippen LogP contribution in [0, 0.1) is 0 Å². The highest BCUT2D eigenvalue weighted by molar-refractivity contribution is 6.28. The molecule has 1 fully saturated rings. The van der Waals surface area contributed by atoms with E-state index < -0.39 is 5.97 Å². The molecule has 0 unspecified atom stereocenters. The summed E-state index contributed by atoms with van der Waals surface area (Å²) in [5.41, 5.74) is 4.79. The molecule has 1 aliphatic heterocycles. The molecule has 0 bridgehead atoms. The van der Waals surface area contributed by atoms with Gasteiger partial charge in [-0.2, -0.15) is 0 Å². The molecule has 8 heteroatoms. The zero-order valence-corrected chi connectivity index (χ0v) is 17.5. The van der Waals surface area contributed by atoms with Gasteiger partial charge in [0.15, 0.2) is 11.5 Å². The maximum absolute atomic E-state index is 13.6. The summed E-state index contributed by atoms with van der Waals surface area (Å²) >= 11 is 0. The molecule has 0 atom stereocenters. The second-order valence-corrected chi connectivity index (χ2v) is 8.04. The Hall–Kier alpha value is -4.17. The molecular weight excluding hydrogens is 422 g/mol. The quantitative estimate of drug-likeness (QED) is 0.425. The molecule has 33 heavy (non-hydrogen) atoms. The third-order valence-electron chi connectivity index (χ3n) is 6.14. The molecule has 2 aliphatic rings. The van der Waals surface area contributed by atoms with E-state index >= 15 is 0 Å². The lowest BCUT2D eigenvalue weighted by molar-refractivity contribution is 0.0696. The Labute approximate surface area is 188 Å². The molecular formula is C25H19N3O5. The molecule has 1 saturated heterocycles. The minimum absolute atomic E-state index is 0.107. The van der Waals surface area contributed by atoms with E-state index in [9.17, 15) is 14.7 Å². The summed E-state index contributed by atoms with van der Waals surface area (Å²) in [5, 5.41) is 17.6. The van der Waals surface area contributed by atoms with Gasteiger partial charge in [-0.05, 0) is 30.3 Å². The molecule has 0 radical (unpaired) electrons. The van der Waals surface area contributed by atoms with E-state index in [1.54, 1.807) is 18.2 Å². The molecule has 0 saturated carbocycles. The highest BCUT2D eigenvalue weighted by Crippen LogP contribution is 2.46. The second kappa shape index (κ2) is 7.46. The summed E-state index contributed by atoms with van der Waals surface area (Å²) in [4.78, 5) is 27.0. The van der Waals surface area contributed by atoms with Crippen molar-refractivity contribution < 1.29 is 24.0 Å². The number of aromatic carboxylic acids is 1. The Bertz CT molecular complexity index is 1420. The summed E-state index contributed by atoms with van der Waals surface area (Å²) in [6.07, 6.45) is 0. The number of nitrogens with one attached hydrogen (secondary N) is 1. The van der Waals surface area contributed by atoms with Gasteiger partial charge in [-0.3, -0.25) is 4.79 Å². The number of fused-ring (bicyclic) bond motifs is 2. The monoisotopic (exact) mass is 441 g/mol. The van der Waals surface area contributed by atoms with Crippen molar-refractivity contribution in [3.05, 3.63) is 71.3 Å². The van der Waals surface area contributed by atoms with Crippen LogP contribution >= 0.6 is 0 Å². The Morgan fingerprint density at radius 3 is 2.48 bits per heavy atom. The first-order valence-electron chi connectivity index (χ1n) is 10.7. The van der Waals surface area contributed by atoms with Crippen molar-refractivity contribution in [1.82, 2.24) is 5.16 Å². The molecule has 0 amide bonds. The first kappa shape index (κ1) is 19.5. The van der Waals surface area contributed by atoms with Crippen molar-refractivity contribution in [3.63, 3.8) is 0 Å². The third-order valence-corrected chi connectivity index (χ3v) is 6.14. The number of benzene rings is 3. The van der Waals surface area contributed by atoms with Crippen molar-refractivity contribution in [1.29, 1.82) is 0 Å². The van der Waals surface area contributed by atoms with Gasteiger partial charge in [-0.1, -0.05) is 29.4 Å². The van der Waals surface area contributed by atoms with Gasteiger partial charge in [0, 0.05) is 29.9 Å². The third kappa shape index (κ3) is 3.07. The number of carbonyl (C=O) groups excluding carboxylic acids is 1. The number of ether oxygens (including phenoxy) is 1. The first-order chi connectivity index (χ1) is 16.1. The minimum atomic E-state index is -0.992. The molecule has 164 valence electrons. The predicted octanol–water partition coefficient (Wildman–Crippen LogP) is 4.32. The van der Waals surface area contributed by atoms with Gasteiger partial charge in [-0.25, -0.2) is 4.79 Å². The number of hydrogen-bond donors (Lipinski definition) is 2. The zero-order valence-electron chi connectivity index (χ0n) is 17.5. The van der Waals surface area contributed by atoms with E-state index in [0.717, 1.165) is 11.3 Å². The largest absolute Gasteiger partial charge is 0.478 e. The van der Waals surface area contributed by atoms with Crippen LogP contribution in [0.5, 0.6) is 0 Å². The summed E-state index contributed by atoms with van der Waals surface area (Å²) in [5.74, 6) is -0.521. The highest BCUT2D eigenvalue weighted by atomic mass is 16.5. The van der Waals surface area contributed by atoms with Gasteiger partial charge in [0.1, 0.15) is 5.52 Å². The van der Waals surface area contributed by atoms with Crippen LogP contribution in [-0.2, 0) is 4.74 Å². The number of carboxylic acid groups (broad SMARTS) is 1. The van der Waals surface area contributed by atoms with Crippen LogP contribution in [0.25, 0.3) is 22.2 Å². The van der Waals surface area contributed by atoms with Gasteiger partial charge in [0.2, 0.25) is 0 Å². The lowest BCUT2D eigenvalue weighted by Crippen LogP contribution is -2.36. The zero-order chi connectivity index (χ0) is 22.5. The van der Waals surface area contributed by atoms with Crippen LogP contribution in [0.4, 0.5) is 17.1 Å². The number of hydrogen-bond acceptors (Lipinski definition) is 7. The Morgan fingerprint density at radius 1 is 1.03 bits per heavy atom. The van der Waals surface area contributed by atoms with Gasteiger partial charge in [0.05, 0.1) is 41.1 Å². The average molecular weight is 441 g/mol. The van der Waals surface area contributed by atoms with E-state index in [4.69, 9.17) is 9.26 Å². The first-order valence-corrected chi connectivity index (χ1v) is 10.7. The van der Waals surface area contributed by atoms with E-state index in [1.807, 2.05) is 24.3 Å². The molecule has 2 heterocycles. The van der Waals surface area contributed by atoms with E-state index in [0.29, 0.717) is 65.5 Å². The fraction of sp³-hybridized carbons (Fsp3) is 0.160. The summed E-state index contributed by atoms with van der Waals surface area (Å²) < 4.78 is 11.3. The summed E-state index contributed by atoms with van der Waals surface area (Å²) in [6, 6.07) is 15.7. The lowest BCUT2D eigenvalue weighted by Gasteiger charge is -2.30. The maximum Gasteiger partial charge on any atom is 0.335 e. The van der Waals surface area contributed by atoms with Crippen molar-refractivity contribution in [3.8, 4) is 11.3 Å². The fourth-order valence-corrected chi connectivity index (χ4v) is 4.54. The van der Waals surface area contributed by atoms with E-state index in [1.165, 1.54) is 12.1 Å². The molecule has 1 aliphatic carbocycles. The van der Waals surface area contributed by atoms with Crippen molar-refractivity contribution >= 4 is 39.7 Å². The Morgan fingerprint density at radius 2 is 1.76 bits per heavy atom. The van der Waals surface area contributed by atoms with Crippen LogP contribution in [0.1, 0.15) is 26.3 Å². The number of carbonyl (C=O) groups is 2. The van der Waals surface area contributed by atoms with Crippen molar-refractivity contribution in [2.24, 2.45) is 0 Å². The lowest BCUT2D eigenvalue weighted by atomic mass is 9.86. The summed E-state index contributed by atoms with van der Waals surface area (Å²) in [7, 11) is 0. The second-order valence-electron chi connectivity index (χ2n) is 8.04. The maximum atomic E-state index is 13.6. The standard InChI is InChI=1S/C25H19N3O5/c29-23-16-3-1-2-4-17(16)24-21-20(23)18(26-15-7-5-14(6-8-15)25(30)31)13-19(22(21)27-33-24)28-9-11-32-12-10-28/h1-8,13,26H,9-12H2,(H,30,31). The Balaban J connectivity index is 1.56. The van der Waals surface area contributed by atoms with Crippen molar-refractivity contribution in [2.75, 3.05) is 36.5 Å². The number of carboxylic acids is 1. The highest BCUT2D eigenvalue weighted by Gasteiger charge is 2.33. The number of ketones is 1. The van der Waals surface area contributed by atoms with Gasteiger partial charge >= 0.3 is 5.97 Å². The van der Waals surface area contributed by atoms with Crippen LogP contribution < -0.4 is 10.2 Å². The van der Waals surface area contributed by atoms with Gasteiger partial charge in [0.25, 0.3) is 0 Å². The molecule has 8 nitrogen and oxygen atoms in total. The molecule has 1 aromatic heterocycles. The normalized spacial score (nSPS) is 14.9. The van der Waals surface area contributed by atoms with E-state index in [-0.39, 0.29) is 11.3 Å². The molecule has 2 N–H and O–H groups in total. The van der Waals surface area contributed by atoms with Gasteiger partial charge in [-0.15, -0.1) is 0 Å². The minimum Gasteiger partial charge on any atom is -0.478 e. The summed E-state index contributed by atoms with van der Waals surface area (Å²) in [6.45, 7) is 2.62. The molecule has 0 spiro atoms. The number of aromatic nitrogens is 1. The van der Waals surface area contributed by atoms with E-state index in [2.05, 4.69) is 15.4 Å². The van der Waals surface area contributed by atoms with Crippen LogP contribution in [0.2, 0.25) is 0 Å². The predicted molar refractivity (Wildman–Crippen MR) is 123 cm³/mol. The van der Waals surface area contributed by atoms with Crippen LogP contribution in [0.15, 0.2) is 59.1 Å². The topological polar surface area (TPSA) is 105 Å². The average Bonchev–Trinajstić information content (AvgIpc) is 3.29. The SMILES string of the molecule is O=C(O)c1ccc(Nc2cc(N3CCOCC3)c3noc4c3c2C(=O)c2ccccc2-4)cc1. The Kier molecular flexibility index (Phi) is 4.41. The number of rotatable bonds is 4. The fourth-order valence-electron chi connectivity index (χ4n) is 4.54. The molecule has 4 aromatic rings. The number of anilines is 3. The number of morpholine rings is 1. The van der Waals surface area contributed by atoms with Gasteiger partial charge < -0.3 is 24.6 Å². The number of nitrogens with zero attached hydrogens (tertiary/aromatic N) is 2. The molecule has 3 aromatic carbocycles.